The maximum atomic E-state index is 11.0. The van der Waals surface area contributed by atoms with Gasteiger partial charge in [0.1, 0.15) is 36.6 Å². The van der Waals surface area contributed by atoms with E-state index in [2.05, 4.69) is 0 Å². The van der Waals surface area contributed by atoms with Gasteiger partial charge < -0.3 is 73.1 Å². The zero-order chi connectivity index (χ0) is 23.7. The fraction of sp³-hybridized carbons (Fsp3) is 1.00. The smallest absolute Gasteiger partial charge is 0.186 e. The number of aliphatic hydroxyl groups excluding tert-OH is 5. The third-order valence-electron chi connectivity index (χ3n) is 6.41. The summed E-state index contributed by atoms with van der Waals surface area (Å²) in [6.45, 7) is -0.499. The molecule has 1 aliphatic carbocycles. The zero-order valence-electron chi connectivity index (χ0n) is 17.7. The van der Waals surface area contributed by atoms with E-state index in [4.69, 9.17) is 47.6 Å². The number of nitrogens with two attached hydrogens (primary N) is 5. The average molecular weight is 468 g/mol. The van der Waals surface area contributed by atoms with Crippen molar-refractivity contribution in [2.75, 3.05) is 13.2 Å². The van der Waals surface area contributed by atoms with Crippen molar-refractivity contribution in [3.63, 3.8) is 0 Å². The molecular formula is C18H37N5O9. The molecule has 8 unspecified atom stereocenters. The van der Waals surface area contributed by atoms with E-state index in [-0.39, 0.29) is 19.4 Å². The van der Waals surface area contributed by atoms with Crippen LogP contribution >= 0.6 is 0 Å². The minimum absolute atomic E-state index is 0.0542. The predicted octanol–water partition coefficient (Wildman–Crippen LogP) is -6.30. The van der Waals surface area contributed by atoms with Crippen LogP contribution in [-0.2, 0) is 18.9 Å². The Labute approximate surface area is 185 Å². The van der Waals surface area contributed by atoms with E-state index in [1.54, 1.807) is 0 Å². The second-order valence-electron chi connectivity index (χ2n) is 8.78. The van der Waals surface area contributed by atoms with Gasteiger partial charge in [0.25, 0.3) is 0 Å². The molecule has 0 aromatic carbocycles. The summed E-state index contributed by atoms with van der Waals surface area (Å²) in [6.07, 6.45) is -10.8. The second kappa shape index (κ2) is 10.8. The fourth-order valence-corrected chi connectivity index (χ4v) is 4.43. The quantitative estimate of drug-likeness (QED) is 0.174. The highest BCUT2D eigenvalue weighted by Crippen LogP contribution is 2.30. The number of hydrogen-bond acceptors (Lipinski definition) is 14. The first-order valence-electron chi connectivity index (χ1n) is 10.8. The van der Waals surface area contributed by atoms with Crippen LogP contribution in [0.25, 0.3) is 0 Å². The van der Waals surface area contributed by atoms with Crippen LogP contribution in [0.4, 0.5) is 0 Å². The van der Waals surface area contributed by atoms with E-state index < -0.39 is 92.2 Å². The van der Waals surface area contributed by atoms with Gasteiger partial charge in [-0.15, -0.1) is 0 Å². The maximum Gasteiger partial charge on any atom is 0.186 e. The number of hydrogen-bond donors (Lipinski definition) is 10. The number of rotatable bonds is 6. The molecule has 14 atom stereocenters. The summed E-state index contributed by atoms with van der Waals surface area (Å²) in [5.74, 6) is 0. The normalized spacial score (nSPS) is 52.7. The largest absolute Gasteiger partial charge is 0.394 e. The van der Waals surface area contributed by atoms with Gasteiger partial charge in [0.05, 0.1) is 30.9 Å². The molecule has 0 bridgehead atoms. The molecule has 188 valence electrons. The lowest BCUT2D eigenvalue weighted by molar-refractivity contribution is -0.314. The Morgan fingerprint density at radius 2 is 1.28 bits per heavy atom. The molecule has 3 aliphatic rings. The van der Waals surface area contributed by atoms with Crippen molar-refractivity contribution in [3.8, 4) is 0 Å². The second-order valence-corrected chi connectivity index (χ2v) is 8.78. The molecule has 14 nitrogen and oxygen atoms in total. The van der Waals surface area contributed by atoms with Crippen molar-refractivity contribution in [1.82, 2.24) is 0 Å². The molecule has 0 amide bonds. The summed E-state index contributed by atoms with van der Waals surface area (Å²) in [4.78, 5) is 0. The highest BCUT2D eigenvalue weighted by atomic mass is 16.7. The van der Waals surface area contributed by atoms with Crippen molar-refractivity contribution in [1.29, 1.82) is 0 Å². The van der Waals surface area contributed by atoms with Crippen LogP contribution in [0.15, 0.2) is 0 Å². The molecular weight excluding hydrogens is 430 g/mol. The number of ether oxygens (including phenoxy) is 4. The summed E-state index contributed by atoms with van der Waals surface area (Å²) in [7, 11) is 0. The van der Waals surface area contributed by atoms with Crippen molar-refractivity contribution in [3.05, 3.63) is 0 Å². The van der Waals surface area contributed by atoms with Crippen LogP contribution in [0.2, 0.25) is 0 Å². The molecule has 0 spiro atoms. The van der Waals surface area contributed by atoms with Gasteiger partial charge in [-0.2, -0.15) is 0 Å². The standard InChI is InChI=1S/C18H37N5O9/c19-3-9-8(25)2-7(22)17(29-9)31-15-5(20)1-6(21)16(14(15)28)32-18-13(27)11(23)12(26)10(4-24)30-18/h5-18,24-28H,1-4,19-23H2/t5-,6?,7?,8-,9?,10?,11?,12+,13?,14?,15?,16-,17+,18+/m0/s1. The molecule has 3 fully saturated rings. The van der Waals surface area contributed by atoms with Crippen molar-refractivity contribution in [2.24, 2.45) is 28.7 Å². The minimum Gasteiger partial charge on any atom is -0.394 e. The molecule has 2 saturated heterocycles. The van der Waals surface area contributed by atoms with E-state index in [1.807, 2.05) is 0 Å². The van der Waals surface area contributed by atoms with Gasteiger partial charge in [0.15, 0.2) is 12.6 Å². The van der Waals surface area contributed by atoms with Gasteiger partial charge in [-0.1, -0.05) is 0 Å². The molecule has 1 saturated carbocycles. The first-order valence-corrected chi connectivity index (χ1v) is 10.8. The fourth-order valence-electron chi connectivity index (χ4n) is 4.43. The van der Waals surface area contributed by atoms with Gasteiger partial charge in [0.2, 0.25) is 0 Å². The summed E-state index contributed by atoms with van der Waals surface area (Å²) < 4.78 is 22.7. The Morgan fingerprint density at radius 3 is 1.84 bits per heavy atom. The van der Waals surface area contributed by atoms with E-state index in [0.29, 0.717) is 0 Å². The van der Waals surface area contributed by atoms with Gasteiger partial charge in [-0.25, -0.2) is 0 Å². The van der Waals surface area contributed by atoms with Gasteiger partial charge in [0, 0.05) is 18.6 Å². The molecule has 32 heavy (non-hydrogen) atoms. The monoisotopic (exact) mass is 467 g/mol. The molecule has 14 heteroatoms. The maximum absolute atomic E-state index is 11.0. The molecule has 3 rings (SSSR count). The molecule has 0 radical (unpaired) electrons. The van der Waals surface area contributed by atoms with Gasteiger partial charge in [-0.05, 0) is 12.8 Å². The third-order valence-corrected chi connectivity index (χ3v) is 6.41. The lowest BCUT2D eigenvalue weighted by atomic mass is 9.84. The minimum atomic E-state index is -1.44. The number of aliphatic hydroxyl groups is 5. The zero-order valence-corrected chi connectivity index (χ0v) is 17.7. The SMILES string of the molecule is NCC1O[C@H](OC2C(O)[C@@H](O[C@H]3OC(CO)[C@@H](O)C(N)C3O)C(N)C[C@@H]2N)C(N)C[C@@H]1O. The van der Waals surface area contributed by atoms with E-state index >= 15 is 0 Å². The first kappa shape index (κ1) is 26.1. The van der Waals surface area contributed by atoms with E-state index in [1.165, 1.54) is 0 Å². The Hall–Kier alpha value is -0.560. The van der Waals surface area contributed by atoms with Crippen LogP contribution in [0.3, 0.4) is 0 Å². The van der Waals surface area contributed by atoms with E-state index in [0.717, 1.165) is 0 Å². The van der Waals surface area contributed by atoms with Crippen LogP contribution in [0.1, 0.15) is 12.8 Å². The van der Waals surface area contributed by atoms with Crippen molar-refractivity contribution < 1.29 is 44.5 Å². The Bertz CT molecular complexity index is 607. The molecule has 2 aliphatic heterocycles. The molecule has 0 aromatic rings. The Balaban J connectivity index is 1.70. The molecule has 0 aromatic heterocycles. The lowest BCUT2D eigenvalue weighted by Gasteiger charge is -2.47. The summed E-state index contributed by atoms with van der Waals surface area (Å²) in [6, 6.07) is -3.27. The van der Waals surface area contributed by atoms with E-state index in [9.17, 15) is 25.5 Å². The highest BCUT2D eigenvalue weighted by molar-refractivity contribution is 5.01. The van der Waals surface area contributed by atoms with Crippen molar-refractivity contribution in [2.45, 2.75) is 98.4 Å². The predicted molar refractivity (Wildman–Crippen MR) is 108 cm³/mol. The summed E-state index contributed by atoms with van der Waals surface area (Å²) >= 11 is 0. The third kappa shape index (κ3) is 5.24. The Kier molecular flexibility index (Phi) is 8.79. The topological polar surface area (TPSA) is 268 Å². The molecule has 2 heterocycles. The lowest BCUT2D eigenvalue weighted by Crippen LogP contribution is -2.68. The Morgan fingerprint density at radius 1 is 0.719 bits per heavy atom. The molecule has 15 N–H and O–H groups in total. The summed E-state index contributed by atoms with van der Waals surface area (Å²) in [5.41, 5.74) is 29.8. The summed E-state index contributed by atoms with van der Waals surface area (Å²) in [5, 5.41) is 50.7. The van der Waals surface area contributed by atoms with Gasteiger partial charge >= 0.3 is 0 Å². The van der Waals surface area contributed by atoms with Crippen molar-refractivity contribution >= 4 is 0 Å². The highest BCUT2D eigenvalue weighted by Gasteiger charge is 2.50. The van der Waals surface area contributed by atoms with Crippen LogP contribution in [0.5, 0.6) is 0 Å². The first-order chi connectivity index (χ1) is 15.1. The van der Waals surface area contributed by atoms with Gasteiger partial charge in [-0.3, -0.25) is 0 Å². The average Bonchev–Trinajstić information content (AvgIpc) is 2.75. The van der Waals surface area contributed by atoms with Crippen LogP contribution in [-0.4, -0.2) is 124 Å². The van der Waals surface area contributed by atoms with Crippen LogP contribution < -0.4 is 28.7 Å². The van der Waals surface area contributed by atoms with Crippen LogP contribution in [0, 0.1) is 0 Å².